The smallest absolute Gasteiger partial charge is 0.166 e. The summed E-state index contributed by atoms with van der Waals surface area (Å²) in [5, 5.41) is 7.72. The van der Waals surface area contributed by atoms with E-state index in [1.54, 1.807) is 110 Å². The first-order chi connectivity index (χ1) is 59.3. The highest BCUT2D eigenvalue weighted by atomic mass is 28.4. The van der Waals surface area contributed by atoms with Crippen LogP contribution in [0.2, 0.25) is 192 Å². The van der Waals surface area contributed by atoms with Gasteiger partial charge in [-0.15, -0.1) is 0 Å². The number of rotatable bonds is 15. The molecular weight excluding hydrogens is 1800 g/mol. The van der Waals surface area contributed by atoms with Crippen molar-refractivity contribution in [3.63, 3.8) is 0 Å². The average molecular weight is 2000 g/mol. The van der Waals surface area contributed by atoms with Crippen LogP contribution in [0.3, 0.4) is 0 Å². The van der Waals surface area contributed by atoms with Crippen molar-refractivity contribution in [2.75, 3.05) is 0 Å². The maximum absolute atomic E-state index is 12.8. The molecule has 0 aliphatic carbocycles. The monoisotopic (exact) mass is 2000 g/mol. The van der Waals surface area contributed by atoms with Crippen molar-refractivity contribution >= 4 is 88.2 Å². The van der Waals surface area contributed by atoms with Crippen molar-refractivity contribution < 1.29 is 26.3 Å². The molecule has 0 bridgehead atoms. The minimum atomic E-state index is -4.27. The maximum atomic E-state index is 12.8. The molecule has 8 aromatic rings. The summed E-state index contributed by atoms with van der Waals surface area (Å²) in [6.07, 6.45) is -4.63. The Balaban J connectivity index is 0.000000781. The van der Waals surface area contributed by atoms with Crippen LogP contribution in [0.15, 0.2) is 170 Å². The van der Waals surface area contributed by atoms with Crippen LogP contribution in [0.1, 0.15) is 261 Å². The number of benzene rings is 8. The van der Waals surface area contributed by atoms with Gasteiger partial charge in [0.25, 0.3) is 0 Å². The third-order valence-electron chi connectivity index (χ3n) is 25.9. The fourth-order valence-electron chi connectivity index (χ4n) is 20.9. The summed E-state index contributed by atoms with van der Waals surface area (Å²) in [4.78, 5) is 0. The molecule has 0 saturated heterocycles. The molecule has 8 rings (SSSR count). The molecule has 0 fully saturated rings. The van der Waals surface area contributed by atoms with E-state index in [4.69, 9.17) is 0 Å². The van der Waals surface area contributed by atoms with Gasteiger partial charge in [-0.2, -0.15) is 26.3 Å². The highest BCUT2D eigenvalue weighted by molar-refractivity contribution is 6.98. The van der Waals surface area contributed by atoms with Gasteiger partial charge in [0.2, 0.25) is 0 Å². The summed E-state index contributed by atoms with van der Waals surface area (Å²) in [6, 6.07) is 57.5. The van der Waals surface area contributed by atoms with Gasteiger partial charge in [-0.3, -0.25) is 0 Å². The average Bonchev–Trinajstić information content (AvgIpc) is 0.761. The van der Waals surface area contributed by atoms with E-state index in [1.807, 2.05) is 0 Å². The maximum Gasteiger partial charge on any atom is 0.416 e. The van der Waals surface area contributed by atoms with Crippen LogP contribution in [0.25, 0.3) is 0 Å². The zero-order valence-electron chi connectivity index (χ0n) is 96.8. The first-order valence-corrected chi connectivity index (χ1v) is 82.2. The molecule has 0 aliphatic heterocycles. The molecule has 0 saturated carbocycles. The van der Waals surface area contributed by atoms with Gasteiger partial charge in [0.1, 0.15) is 0 Å². The summed E-state index contributed by atoms with van der Waals surface area (Å²) in [6.45, 7) is 129. The van der Waals surface area contributed by atoms with E-state index in [1.165, 1.54) is 70.8 Å². The van der Waals surface area contributed by atoms with E-state index in [0.29, 0.717) is 16.7 Å². The molecule has 0 radical (unpaired) electrons. The molecule has 8 aromatic carbocycles. The fourth-order valence-corrected chi connectivity index (χ4v) is 62.7. The molecule has 0 heterocycles. The van der Waals surface area contributed by atoms with Crippen molar-refractivity contribution in [1.29, 1.82) is 0 Å². The van der Waals surface area contributed by atoms with E-state index in [9.17, 15) is 26.3 Å². The van der Waals surface area contributed by atoms with Crippen molar-refractivity contribution in [1.82, 2.24) is 0 Å². The number of aryl methyl sites for hydroxylation is 4. The number of hydrogen-bond donors (Lipinski definition) is 0. The first-order valence-electron chi connectivity index (χ1n) is 50.2. The van der Waals surface area contributed by atoms with Gasteiger partial charge in [-0.25, -0.2) is 0 Å². The van der Waals surface area contributed by atoms with Gasteiger partial charge in [-0.1, -0.05) is 516 Å². The standard InChI is InChI=1S/C26H54Si4.C18H34Si2.C16H30Si2.C13H22Si.C12H15F3.C12H18.C11H13F3.C11H16/c1-26(2,3)25-21(19-23(27(4,5)6)28(7,8)9)17-16-18-22(25)20-24(29(10,11)12)30(13,14)15;1-18(2,3)16-13-11-10-12-15(16)14-17(19(4,5)6)20(7,8)9;1-16(2,3)15-13(17(4,5)6)11-10-12-14(15)18(7,8)9;1-13(2,3)11-9-7-8-10-12(11)14(4,5)6;1-8-6-5-7-9(12(13,14)15)10(8)11(2,3)4;1-9-7-6-8-10(2)11(9)12(3,4)5;1-10(2,3)8-6-4-5-7-9(8)11(12,13)14;1-9-7-5-6-8-10(9)11(2,3)4/h16-18,23-24H,19-20H2,1-15H3;10-13,17H,14H2,1-9H3;10-12H,1-9H3;7-10H,1-6H3;5-7H,1-4H3;6-8H,1-5H3;4-7H,1-3H3;5-8H,1-4H3. The minimum Gasteiger partial charge on any atom is -0.166 e. The van der Waals surface area contributed by atoms with Crippen molar-refractivity contribution in [3.05, 3.63) is 264 Å². The predicted octanol–water partition coefficient (Wildman–Crippen LogP) is 38.2. The summed E-state index contributed by atoms with van der Waals surface area (Å²) >= 11 is 0. The van der Waals surface area contributed by atoms with E-state index >= 15 is 0 Å². The lowest BCUT2D eigenvalue weighted by molar-refractivity contribution is -0.139. The van der Waals surface area contributed by atoms with Gasteiger partial charge in [0.15, 0.2) is 0 Å². The van der Waals surface area contributed by atoms with E-state index in [2.05, 4.69) is 450 Å². The molecule has 0 amide bonds. The minimum absolute atomic E-state index is 0.207. The Hall–Kier alpha value is -4.71. The van der Waals surface area contributed by atoms with E-state index in [-0.39, 0.29) is 32.5 Å². The van der Waals surface area contributed by atoms with Gasteiger partial charge < -0.3 is 0 Å². The Morgan fingerprint density at radius 1 is 0.187 bits per heavy atom. The molecular formula is C119H202F6Si9. The second-order valence-electron chi connectivity index (χ2n) is 56.7. The Morgan fingerprint density at radius 2 is 0.403 bits per heavy atom. The van der Waals surface area contributed by atoms with Gasteiger partial charge in [0.05, 0.1) is 35.3 Å². The van der Waals surface area contributed by atoms with Crippen molar-refractivity contribution in [2.45, 2.75) is 461 Å². The third kappa shape index (κ3) is 41.5. The second kappa shape index (κ2) is 47.5. The van der Waals surface area contributed by atoms with Crippen LogP contribution >= 0.6 is 0 Å². The van der Waals surface area contributed by atoms with Gasteiger partial charge >= 0.3 is 12.4 Å². The van der Waals surface area contributed by atoms with E-state index in [0.717, 1.165) is 27.6 Å². The molecule has 0 N–H and O–H groups in total. The zero-order chi connectivity index (χ0) is 106. The number of hydrogen-bond acceptors (Lipinski definition) is 0. The molecule has 0 nitrogen and oxygen atoms in total. The molecule has 134 heavy (non-hydrogen) atoms. The normalized spacial score (nSPS) is 13.4. The molecule has 15 heteroatoms. The highest BCUT2D eigenvalue weighted by Crippen LogP contribution is 2.46. The lowest BCUT2D eigenvalue weighted by Crippen LogP contribution is -2.52. The molecule has 0 atom stereocenters. The quantitative estimate of drug-likeness (QED) is 0.0709. The van der Waals surface area contributed by atoms with Crippen LogP contribution in [0, 0.1) is 27.7 Å². The van der Waals surface area contributed by atoms with Crippen molar-refractivity contribution in [2.24, 2.45) is 0 Å². The number of halogens is 6. The summed E-state index contributed by atoms with van der Waals surface area (Å²) < 4.78 is 76.0. The lowest BCUT2D eigenvalue weighted by atomic mass is 9.79. The Labute approximate surface area is 833 Å². The Kier molecular flexibility index (Phi) is 45.1. The summed E-state index contributed by atoms with van der Waals surface area (Å²) in [5.41, 5.74) is 19.4. The summed E-state index contributed by atoms with van der Waals surface area (Å²) in [7, 11) is -10.9. The van der Waals surface area contributed by atoms with Crippen LogP contribution in [0.5, 0.6) is 0 Å². The van der Waals surface area contributed by atoms with Crippen LogP contribution in [-0.4, -0.2) is 72.7 Å². The molecule has 0 aliphatic rings. The van der Waals surface area contributed by atoms with Crippen LogP contribution in [0.4, 0.5) is 26.3 Å². The molecule has 0 aromatic heterocycles. The highest BCUT2D eigenvalue weighted by Gasteiger charge is 2.44. The second-order valence-corrected chi connectivity index (χ2v) is 106. The van der Waals surface area contributed by atoms with Gasteiger partial charge in [0, 0.05) is 48.4 Å². The zero-order valence-corrected chi connectivity index (χ0v) is 106. The Morgan fingerprint density at radius 3 is 0.657 bits per heavy atom. The molecule has 0 spiro atoms. The van der Waals surface area contributed by atoms with Crippen LogP contribution in [-0.2, 0) is 74.9 Å². The fraction of sp³-hybridized carbons (Fsp3) is 0.597. The number of alkyl halides is 6. The lowest BCUT2D eigenvalue weighted by Gasteiger charge is -2.41. The largest absolute Gasteiger partial charge is 0.416 e. The first kappa shape index (κ1) is 127. The molecule has 0 unspecified atom stereocenters. The predicted molar refractivity (Wildman–Crippen MR) is 621 cm³/mol. The van der Waals surface area contributed by atoms with Crippen LogP contribution < -0.4 is 15.6 Å². The van der Waals surface area contributed by atoms with Crippen molar-refractivity contribution in [3.8, 4) is 0 Å². The summed E-state index contributed by atoms with van der Waals surface area (Å²) in [5.74, 6) is 0. The molecule has 756 valence electrons. The SMILES string of the molecule is CC(C)(C)c1c(CC([Si](C)(C)C)[Si](C)(C)C)cccc1CC([Si](C)(C)C)[Si](C)(C)C.CC(C)(C)c1c([Si](C)(C)C)cccc1[Si](C)(C)C.CC(C)(C)c1ccccc1C(F)(F)F.CC(C)(C)c1ccccc1CC([Si](C)(C)C)[Si](C)(C)C.CC(C)(C)c1ccccc1[Si](C)(C)C.Cc1cccc(C(F)(F)F)c1C(C)(C)C.Cc1cccc(C)c1C(C)(C)C.Cc1ccccc1C(C)(C)C. The third-order valence-corrected chi connectivity index (χ3v) is 61.4. The van der Waals surface area contributed by atoms with E-state index < -0.39 is 107 Å². The topological polar surface area (TPSA) is 0 Å². The Bertz CT molecular complexity index is 4660. The van der Waals surface area contributed by atoms with Gasteiger partial charge in [-0.05, 0) is 201 Å².